The van der Waals surface area contributed by atoms with Crippen LogP contribution in [0.4, 0.5) is 17.1 Å². The molecule has 3 heterocycles. The zero-order valence-electron chi connectivity index (χ0n) is 28.1. The van der Waals surface area contributed by atoms with E-state index in [-0.39, 0.29) is 0 Å². The van der Waals surface area contributed by atoms with Crippen LogP contribution < -0.4 is 9.64 Å². The summed E-state index contributed by atoms with van der Waals surface area (Å²) in [5.41, 5.74) is 12.5. The van der Waals surface area contributed by atoms with E-state index < -0.39 is 0 Å². The molecule has 4 nitrogen and oxygen atoms in total. The molecule has 11 rings (SSSR count). The van der Waals surface area contributed by atoms with E-state index in [1.807, 2.05) is 12.1 Å². The Morgan fingerprint density at radius 1 is 0.404 bits per heavy atom. The highest BCUT2D eigenvalue weighted by atomic mass is 16.5. The molecule has 0 fully saturated rings. The summed E-state index contributed by atoms with van der Waals surface area (Å²) in [6.07, 6.45) is 0. The van der Waals surface area contributed by atoms with E-state index in [1.165, 1.54) is 49.2 Å². The lowest BCUT2D eigenvalue weighted by Gasteiger charge is -2.25. The van der Waals surface area contributed by atoms with E-state index in [2.05, 4.69) is 190 Å². The Hall–Kier alpha value is -7.04. The molecular formula is C48H31N3O. The standard InChI is InChI=1S/C48H31N3O/c1-3-13-33(14-4-1)49(34-15-5-2-6-16-34)35-24-26-36(27-25-35)50-41-19-9-7-17-38(41)39-28-23-32(31-44(39)50)37-29-30-46-48-47(37)40-18-8-10-20-42(40)51(48)43-21-11-12-22-45(43)52-46/h1-31H. The van der Waals surface area contributed by atoms with Gasteiger partial charge in [-0.2, -0.15) is 0 Å². The minimum absolute atomic E-state index is 0.873. The SMILES string of the molecule is c1ccc(N(c2ccccc2)c2ccc(-n3c4ccccc4c4ccc(-c5ccc6c7c5c5ccccc5n7-c5ccccc5O6)cc43)cc2)cc1. The van der Waals surface area contributed by atoms with Crippen LogP contribution >= 0.6 is 0 Å². The Morgan fingerprint density at radius 2 is 1.00 bits per heavy atom. The van der Waals surface area contributed by atoms with Gasteiger partial charge in [0, 0.05) is 44.3 Å². The van der Waals surface area contributed by atoms with Crippen molar-refractivity contribution < 1.29 is 4.74 Å². The molecule has 0 bridgehead atoms. The Labute approximate surface area is 300 Å². The molecule has 0 atom stereocenters. The molecule has 1 aliphatic rings. The zero-order valence-corrected chi connectivity index (χ0v) is 28.1. The van der Waals surface area contributed by atoms with Gasteiger partial charge >= 0.3 is 0 Å². The minimum Gasteiger partial charge on any atom is -0.453 e. The maximum atomic E-state index is 6.51. The fraction of sp³-hybridized carbons (Fsp3) is 0. The van der Waals surface area contributed by atoms with Crippen LogP contribution in [0.2, 0.25) is 0 Å². The predicted octanol–water partition coefficient (Wildman–Crippen LogP) is 13.1. The van der Waals surface area contributed by atoms with Crippen molar-refractivity contribution in [3.63, 3.8) is 0 Å². The third-order valence-corrected chi connectivity index (χ3v) is 10.5. The van der Waals surface area contributed by atoms with Crippen molar-refractivity contribution >= 4 is 60.7 Å². The highest BCUT2D eigenvalue weighted by Crippen LogP contribution is 2.49. The van der Waals surface area contributed by atoms with Crippen molar-refractivity contribution in [2.75, 3.05) is 4.90 Å². The van der Waals surface area contributed by atoms with Gasteiger partial charge in [-0.3, -0.25) is 0 Å². The summed E-state index contributed by atoms with van der Waals surface area (Å²) in [7, 11) is 0. The summed E-state index contributed by atoms with van der Waals surface area (Å²) in [4.78, 5) is 2.30. The summed E-state index contributed by atoms with van der Waals surface area (Å²) in [5.74, 6) is 1.75. The fourth-order valence-electron chi connectivity index (χ4n) is 8.26. The topological polar surface area (TPSA) is 22.3 Å². The van der Waals surface area contributed by atoms with Crippen LogP contribution in [0.3, 0.4) is 0 Å². The molecule has 10 aromatic rings. The average molecular weight is 666 g/mol. The van der Waals surface area contributed by atoms with Gasteiger partial charge in [0.25, 0.3) is 0 Å². The summed E-state index contributed by atoms with van der Waals surface area (Å²) in [6, 6.07) is 67.1. The van der Waals surface area contributed by atoms with Gasteiger partial charge in [-0.1, -0.05) is 97.1 Å². The Bertz CT molecular complexity index is 2940. The van der Waals surface area contributed by atoms with Gasteiger partial charge in [-0.15, -0.1) is 0 Å². The van der Waals surface area contributed by atoms with E-state index in [0.717, 1.165) is 45.5 Å². The average Bonchev–Trinajstić information content (AvgIpc) is 3.74. The van der Waals surface area contributed by atoms with Crippen molar-refractivity contribution in [1.82, 2.24) is 9.13 Å². The normalized spacial score (nSPS) is 12.0. The summed E-state index contributed by atoms with van der Waals surface area (Å²) in [6.45, 7) is 0. The largest absolute Gasteiger partial charge is 0.453 e. The smallest absolute Gasteiger partial charge is 0.152 e. The molecule has 0 aliphatic carbocycles. The number of nitrogens with zero attached hydrogens (tertiary/aromatic N) is 3. The first kappa shape index (κ1) is 28.8. The number of anilines is 3. The highest BCUT2D eigenvalue weighted by Gasteiger charge is 2.26. The molecule has 0 radical (unpaired) electrons. The first-order chi connectivity index (χ1) is 25.8. The van der Waals surface area contributed by atoms with E-state index in [4.69, 9.17) is 4.74 Å². The number of fused-ring (bicyclic) bond motifs is 8. The molecule has 0 amide bonds. The predicted molar refractivity (Wildman–Crippen MR) is 215 cm³/mol. The molecule has 0 saturated carbocycles. The van der Waals surface area contributed by atoms with Crippen molar-refractivity contribution in [3.8, 4) is 34.0 Å². The van der Waals surface area contributed by atoms with Crippen LogP contribution in [0.1, 0.15) is 0 Å². The third kappa shape index (κ3) is 4.21. The lowest BCUT2D eigenvalue weighted by Crippen LogP contribution is -2.09. The summed E-state index contributed by atoms with van der Waals surface area (Å²) >= 11 is 0. The number of hydrogen-bond donors (Lipinski definition) is 0. The van der Waals surface area contributed by atoms with Gasteiger partial charge < -0.3 is 18.8 Å². The minimum atomic E-state index is 0.873. The molecule has 0 unspecified atom stereocenters. The van der Waals surface area contributed by atoms with Crippen molar-refractivity contribution in [2.45, 2.75) is 0 Å². The molecule has 244 valence electrons. The number of ether oxygens (including phenoxy) is 1. The second-order valence-corrected chi connectivity index (χ2v) is 13.4. The first-order valence-electron chi connectivity index (χ1n) is 17.7. The molecule has 0 spiro atoms. The molecule has 8 aromatic carbocycles. The number of aromatic nitrogens is 2. The molecule has 1 aliphatic heterocycles. The quantitative estimate of drug-likeness (QED) is 0.183. The van der Waals surface area contributed by atoms with Crippen LogP contribution in [-0.2, 0) is 0 Å². The Kier molecular flexibility index (Phi) is 6.22. The lowest BCUT2D eigenvalue weighted by atomic mass is 9.97. The van der Waals surface area contributed by atoms with Gasteiger partial charge in [0.1, 0.15) is 0 Å². The van der Waals surface area contributed by atoms with E-state index in [1.54, 1.807) is 0 Å². The van der Waals surface area contributed by atoms with Gasteiger partial charge in [0.05, 0.1) is 27.8 Å². The zero-order chi connectivity index (χ0) is 34.2. The summed E-state index contributed by atoms with van der Waals surface area (Å²) < 4.78 is 11.3. The number of benzene rings is 8. The van der Waals surface area contributed by atoms with Crippen LogP contribution in [0.5, 0.6) is 11.5 Å². The van der Waals surface area contributed by atoms with Gasteiger partial charge in [-0.25, -0.2) is 0 Å². The number of rotatable bonds is 5. The lowest BCUT2D eigenvalue weighted by molar-refractivity contribution is 0.476. The van der Waals surface area contributed by atoms with Gasteiger partial charge in [0.2, 0.25) is 0 Å². The Balaban J connectivity index is 1.11. The molecule has 4 heteroatoms. The Morgan fingerprint density at radius 3 is 1.75 bits per heavy atom. The number of hydrogen-bond acceptors (Lipinski definition) is 2. The second-order valence-electron chi connectivity index (χ2n) is 13.4. The van der Waals surface area contributed by atoms with E-state index in [9.17, 15) is 0 Å². The van der Waals surface area contributed by atoms with Crippen LogP contribution in [0.15, 0.2) is 188 Å². The van der Waals surface area contributed by atoms with Crippen LogP contribution in [0.25, 0.3) is 66.1 Å². The molecule has 0 saturated heterocycles. The molecular weight excluding hydrogens is 635 g/mol. The fourth-order valence-corrected chi connectivity index (χ4v) is 8.26. The molecule has 0 N–H and O–H groups in total. The van der Waals surface area contributed by atoms with Crippen LogP contribution in [0, 0.1) is 0 Å². The van der Waals surface area contributed by atoms with Gasteiger partial charge in [-0.05, 0) is 102 Å². The molecule has 2 aromatic heterocycles. The summed E-state index contributed by atoms with van der Waals surface area (Å²) in [5, 5.41) is 4.88. The van der Waals surface area contributed by atoms with E-state index >= 15 is 0 Å². The van der Waals surface area contributed by atoms with E-state index in [0.29, 0.717) is 0 Å². The molecule has 52 heavy (non-hydrogen) atoms. The van der Waals surface area contributed by atoms with Crippen LogP contribution in [-0.4, -0.2) is 9.13 Å². The van der Waals surface area contributed by atoms with Gasteiger partial charge in [0.15, 0.2) is 11.5 Å². The maximum absolute atomic E-state index is 6.51. The highest BCUT2D eigenvalue weighted by molar-refractivity contribution is 6.19. The second kappa shape index (κ2) is 11.2. The van der Waals surface area contributed by atoms with Crippen molar-refractivity contribution in [2.24, 2.45) is 0 Å². The van der Waals surface area contributed by atoms with Crippen molar-refractivity contribution in [1.29, 1.82) is 0 Å². The first-order valence-corrected chi connectivity index (χ1v) is 17.7. The van der Waals surface area contributed by atoms with Crippen molar-refractivity contribution in [3.05, 3.63) is 188 Å². The maximum Gasteiger partial charge on any atom is 0.152 e. The third-order valence-electron chi connectivity index (χ3n) is 10.5. The monoisotopic (exact) mass is 665 g/mol. The number of para-hydroxylation sites is 6.